The molecular formula is C25H26N2O4. The third-order valence-corrected chi connectivity index (χ3v) is 5.16. The molecule has 3 rings (SSSR count). The molecule has 0 aromatic heterocycles. The molecule has 0 spiro atoms. The largest absolute Gasteiger partial charge is 0.497 e. The average molecular weight is 418 g/mol. The first-order valence-electron chi connectivity index (χ1n) is 9.89. The van der Waals surface area contributed by atoms with Crippen LogP contribution in [0.3, 0.4) is 0 Å². The van der Waals surface area contributed by atoms with Gasteiger partial charge in [0.05, 0.1) is 20.3 Å². The first kappa shape index (κ1) is 21.9. The molecule has 0 aliphatic rings. The van der Waals surface area contributed by atoms with Crippen molar-refractivity contribution in [3.63, 3.8) is 0 Å². The van der Waals surface area contributed by atoms with Crippen LogP contribution in [0.5, 0.6) is 11.5 Å². The van der Waals surface area contributed by atoms with Gasteiger partial charge in [-0.3, -0.25) is 9.59 Å². The summed E-state index contributed by atoms with van der Waals surface area (Å²) >= 11 is 0. The summed E-state index contributed by atoms with van der Waals surface area (Å²) < 4.78 is 10.5. The lowest BCUT2D eigenvalue weighted by atomic mass is 10.0. The minimum Gasteiger partial charge on any atom is -0.497 e. The Hall–Kier alpha value is -3.80. The van der Waals surface area contributed by atoms with Crippen LogP contribution < -0.4 is 14.8 Å². The molecule has 31 heavy (non-hydrogen) atoms. The molecule has 0 aliphatic carbocycles. The molecule has 1 N–H and O–H groups in total. The second-order valence-electron chi connectivity index (χ2n) is 7.14. The lowest BCUT2D eigenvalue weighted by molar-refractivity contribution is 0.0741. The Bertz CT molecular complexity index is 1040. The monoisotopic (exact) mass is 418 g/mol. The molecule has 0 unspecified atom stereocenters. The predicted octanol–water partition coefficient (Wildman–Crippen LogP) is 4.79. The van der Waals surface area contributed by atoms with Gasteiger partial charge in [0, 0.05) is 29.9 Å². The summed E-state index contributed by atoms with van der Waals surface area (Å²) in [5, 5.41) is 2.91. The summed E-state index contributed by atoms with van der Waals surface area (Å²) in [6.07, 6.45) is 0. The van der Waals surface area contributed by atoms with Gasteiger partial charge in [0.15, 0.2) is 0 Å². The summed E-state index contributed by atoms with van der Waals surface area (Å²) in [5.74, 6) is 0.755. The van der Waals surface area contributed by atoms with Gasteiger partial charge in [-0.2, -0.15) is 0 Å². The quantitative estimate of drug-likeness (QED) is 0.599. The van der Waals surface area contributed by atoms with E-state index < -0.39 is 0 Å². The molecule has 0 heterocycles. The minimum absolute atomic E-state index is 0.163. The molecule has 0 radical (unpaired) electrons. The van der Waals surface area contributed by atoms with Gasteiger partial charge in [-0.25, -0.2) is 0 Å². The van der Waals surface area contributed by atoms with Gasteiger partial charge >= 0.3 is 0 Å². The first-order valence-corrected chi connectivity index (χ1v) is 9.89. The van der Waals surface area contributed by atoms with Crippen molar-refractivity contribution in [2.45, 2.75) is 13.0 Å². The van der Waals surface area contributed by atoms with E-state index in [1.54, 1.807) is 56.5 Å². The molecule has 3 aromatic rings. The number of benzene rings is 3. The van der Waals surface area contributed by atoms with Crippen LogP contribution in [0.1, 0.15) is 39.2 Å². The zero-order valence-electron chi connectivity index (χ0n) is 18.1. The number of ether oxygens (including phenoxy) is 2. The summed E-state index contributed by atoms with van der Waals surface area (Å²) in [5.41, 5.74) is 2.62. The topological polar surface area (TPSA) is 67.9 Å². The number of hydrogen-bond donors (Lipinski definition) is 1. The Labute approximate surface area is 182 Å². The van der Waals surface area contributed by atoms with Gasteiger partial charge < -0.3 is 19.7 Å². The highest BCUT2D eigenvalue weighted by atomic mass is 16.5. The molecule has 0 saturated heterocycles. The highest BCUT2D eigenvalue weighted by Gasteiger charge is 2.21. The van der Waals surface area contributed by atoms with Crippen LogP contribution in [-0.4, -0.2) is 38.0 Å². The highest BCUT2D eigenvalue weighted by molar-refractivity contribution is 6.04. The van der Waals surface area contributed by atoms with E-state index in [1.165, 1.54) is 0 Å². The molecule has 1 atom stereocenters. The van der Waals surface area contributed by atoms with Gasteiger partial charge in [0.25, 0.3) is 11.8 Å². The van der Waals surface area contributed by atoms with Crippen molar-refractivity contribution in [1.82, 2.24) is 4.90 Å². The number of nitrogens with one attached hydrogen (secondary N) is 1. The number of anilines is 1. The van der Waals surface area contributed by atoms with E-state index in [-0.39, 0.29) is 17.9 Å². The van der Waals surface area contributed by atoms with Crippen molar-refractivity contribution >= 4 is 17.5 Å². The number of methoxy groups -OCH3 is 2. The Kier molecular flexibility index (Phi) is 6.92. The zero-order valence-corrected chi connectivity index (χ0v) is 18.1. The zero-order chi connectivity index (χ0) is 22.4. The van der Waals surface area contributed by atoms with Crippen LogP contribution in [0, 0.1) is 0 Å². The van der Waals surface area contributed by atoms with E-state index in [9.17, 15) is 9.59 Å². The summed E-state index contributed by atoms with van der Waals surface area (Å²) in [6, 6.07) is 21.4. The van der Waals surface area contributed by atoms with Crippen molar-refractivity contribution in [3.8, 4) is 11.5 Å². The normalized spacial score (nSPS) is 11.4. The van der Waals surface area contributed by atoms with Gasteiger partial charge in [-0.05, 0) is 48.9 Å². The van der Waals surface area contributed by atoms with Crippen molar-refractivity contribution in [1.29, 1.82) is 0 Å². The first-order chi connectivity index (χ1) is 14.9. The molecule has 6 nitrogen and oxygen atoms in total. The third-order valence-electron chi connectivity index (χ3n) is 5.16. The Morgan fingerprint density at radius 3 is 2.10 bits per heavy atom. The van der Waals surface area contributed by atoms with E-state index in [0.29, 0.717) is 28.3 Å². The maximum absolute atomic E-state index is 13.1. The van der Waals surface area contributed by atoms with E-state index in [0.717, 1.165) is 5.56 Å². The fourth-order valence-electron chi connectivity index (χ4n) is 3.20. The van der Waals surface area contributed by atoms with Crippen LogP contribution in [0.4, 0.5) is 5.69 Å². The number of nitrogens with zero attached hydrogens (tertiary/aromatic N) is 1. The van der Waals surface area contributed by atoms with Crippen molar-refractivity contribution in [2.24, 2.45) is 0 Å². The number of carbonyl (C=O) groups is 2. The lowest BCUT2D eigenvalue weighted by Crippen LogP contribution is -2.29. The molecule has 160 valence electrons. The van der Waals surface area contributed by atoms with Crippen molar-refractivity contribution < 1.29 is 19.1 Å². The number of hydrogen-bond acceptors (Lipinski definition) is 4. The van der Waals surface area contributed by atoms with Crippen molar-refractivity contribution in [2.75, 3.05) is 26.6 Å². The standard InChI is InChI=1S/C25H26N2O4/c1-17(27(2)25(29)20-14-22(30-3)16-23(15-20)31-4)19-11-8-12-21(13-19)26-24(28)18-9-6-5-7-10-18/h5-17H,1-4H3,(H,26,28)/t17-/m1/s1. The van der Waals surface area contributed by atoms with Gasteiger partial charge in [0.1, 0.15) is 11.5 Å². The fraction of sp³-hybridized carbons (Fsp3) is 0.200. The molecule has 2 amide bonds. The molecule has 0 saturated carbocycles. The average Bonchev–Trinajstić information content (AvgIpc) is 2.82. The Balaban J connectivity index is 1.78. The Morgan fingerprint density at radius 1 is 0.839 bits per heavy atom. The molecule has 6 heteroatoms. The highest BCUT2D eigenvalue weighted by Crippen LogP contribution is 2.27. The van der Waals surface area contributed by atoms with E-state index >= 15 is 0 Å². The lowest BCUT2D eigenvalue weighted by Gasteiger charge is -2.26. The minimum atomic E-state index is -0.224. The fourth-order valence-corrected chi connectivity index (χ4v) is 3.20. The molecule has 3 aromatic carbocycles. The predicted molar refractivity (Wildman–Crippen MR) is 121 cm³/mol. The SMILES string of the molecule is COc1cc(OC)cc(C(=O)N(C)[C@H](C)c2cccc(NC(=O)c3ccccc3)c2)c1. The summed E-state index contributed by atoms with van der Waals surface area (Å²) in [6.45, 7) is 1.94. The Morgan fingerprint density at radius 2 is 1.48 bits per heavy atom. The maximum Gasteiger partial charge on any atom is 0.255 e. The van der Waals surface area contributed by atoms with E-state index in [2.05, 4.69) is 5.32 Å². The van der Waals surface area contributed by atoms with Gasteiger partial charge in [-0.1, -0.05) is 30.3 Å². The van der Waals surface area contributed by atoms with Crippen LogP contribution in [0.15, 0.2) is 72.8 Å². The van der Waals surface area contributed by atoms with E-state index in [1.807, 2.05) is 49.4 Å². The van der Waals surface area contributed by atoms with Gasteiger partial charge in [0.2, 0.25) is 0 Å². The second kappa shape index (κ2) is 9.80. The number of amides is 2. The van der Waals surface area contributed by atoms with Crippen LogP contribution >= 0.6 is 0 Å². The smallest absolute Gasteiger partial charge is 0.255 e. The number of carbonyl (C=O) groups excluding carboxylic acids is 2. The van der Waals surface area contributed by atoms with Crippen LogP contribution in [0.25, 0.3) is 0 Å². The second-order valence-corrected chi connectivity index (χ2v) is 7.14. The summed E-state index contributed by atoms with van der Waals surface area (Å²) in [4.78, 5) is 27.2. The maximum atomic E-state index is 13.1. The van der Waals surface area contributed by atoms with Crippen LogP contribution in [0.2, 0.25) is 0 Å². The molecule has 0 bridgehead atoms. The number of rotatable bonds is 7. The van der Waals surface area contributed by atoms with E-state index in [4.69, 9.17) is 9.47 Å². The van der Waals surface area contributed by atoms with Crippen LogP contribution in [-0.2, 0) is 0 Å². The molecule has 0 fully saturated rings. The summed E-state index contributed by atoms with van der Waals surface area (Å²) in [7, 11) is 4.84. The molecular weight excluding hydrogens is 392 g/mol. The molecule has 0 aliphatic heterocycles. The van der Waals surface area contributed by atoms with Gasteiger partial charge in [-0.15, -0.1) is 0 Å². The van der Waals surface area contributed by atoms with Crippen molar-refractivity contribution in [3.05, 3.63) is 89.5 Å². The third kappa shape index (κ3) is 5.22.